The summed E-state index contributed by atoms with van der Waals surface area (Å²) in [4.78, 5) is 0. The van der Waals surface area contributed by atoms with Gasteiger partial charge in [0.25, 0.3) is 0 Å². The van der Waals surface area contributed by atoms with Gasteiger partial charge < -0.3 is 0 Å². The number of unbranched alkanes of at least 4 members (excludes halogenated alkanes) is 1. The van der Waals surface area contributed by atoms with E-state index in [0.29, 0.717) is 6.54 Å². The molecule has 0 bridgehead atoms. The third-order valence-corrected chi connectivity index (χ3v) is 4.32. The summed E-state index contributed by atoms with van der Waals surface area (Å²) in [6.45, 7) is 2.66. The van der Waals surface area contributed by atoms with Crippen LogP contribution in [0.15, 0.2) is 30.3 Å². The van der Waals surface area contributed by atoms with Gasteiger partial charge in [0.1, 0.15) is 0 Å². The summed E-state index contributed by atoms with van der Waals surface area (Å²) in [5.41, 5.74) is 0.839. The SMILES string of the molecule is CCCCN(C)S(=O)(=O)Cc1ccccc1. The fraction of sp³-hybridized carbons (Fsp3) is 0.500. The van der Waals surface area contributed by atoms with Gasteiger partial charge in [0, 0.05) is 13.6 Å². The van der Waals surface area contributed by atoms with E-state index in [4.69, 9.17) is 0 Å². The molecule has 16 heavy (non-hydrogen) atoms. The van der Waals surface area contributed by atoms with E-state index in [9.17, 15) is 8.42 Å². The summed E-state index contributed by atoms with van der Waals surface area (Å²) < 4.78 is 25.3. The highest BCUT2D eigenvalue weighted by Crippen LogP contribution is 2.09. The minimum Gasteiger partial charge on any atom is -0.212 e. The van der Waals surface area contributed by atoms with Crippen LogP contribution in [0.2, 0.25) is 0 Å². The van der Waals surface area contributed by atoms with E-state index in [0.717, 1.165) is 18.4 Å². The smallest absolute Gasteiger partial charge is 0.212 e. The van der Waals surface area contributed by atoms with Crippen molar-refractivity contribution >= 4 is 10.0 Å². The molecule has 90 valence electrons. The number of benzene rings is 1. The highest BCUT2D eigenvalue weighted by atomic mass is 32.2. The van der Waals surface area contributed by atoms with E-state index >= 15 is 0 Å². The molecule has 1 aromatic carbocycles. The van der Waals surface area contributed by atoms with Crippen molar-refractivity contribution in [3.05, 3.63) is 35.9 Å². The third kappa shape index (κ3) is 3.94. The maximum Gasteiger partial charge on any atom is 0.218 e. The van der Waals surface area contributed by atoms with Crippen LogP contribution in [-0.2, 0) is 15.8 Å². The average Bonchev–Trinajstić information content (AvgIpc) is 2.26. The number of hydrogen-bond donors (Lipinski definition) is 0. The van der Waals surface area contributed by atoms with E-state index in [1.54, 1.807) is 7.05 Å². The van der Waals surface area contributed by atoms with Crippen molar-refractivity contribution in [2.45, 2.75) is 25.5 Å². The maximum absolute atomic E-state index is 11.9. The predicted octanol–water partition coefficient (Wildman–Crippen LogP) is 2.25. The van der Waals surface area contributed by atoms with Gasteiger partial charge in [-0.25, -0.2) is 12.7 Å². The maximum atomic E-state index is 11.9. The predicted molar refractivity (Wildman–Crippen MR) is 66.6 cm³/mol. The molecule has 0 aromatic heterocycles. The summed E-state index contributed by atoms with van der Waals surface area (Å²) >= 11 is 0. The quantitative estimate of drug-likeness (QED) is 0.766. The van der Waals surface area contributed by atoms with Crippen molar-refractivity contribution in [1.29, 1.82) is 0 Å². The van der Waals surface area contributed by atoms with Crippen molar-refractivity contribution in [1.82, 2.24) is 4.31 Å². The van der Waals surface area contributed by atoms with Crippen molar-refractivity contribution in [3.63, 3.8) is 0 Å². The molecule has 4 heteroatoms. The van der Waals surface area contributed by atoms with Gasteiger partial charge in [-0.05, 0) is 12.0 Å². The molecule has 0 spiro atoms. The van der Waals surface area contributed by atoms with Gasteiger partial charge in [0.2, 0.25) is 10.0 Å². The van der Waals surface area contributed by atoms with Gasteiger partial charge in [-0.15, -0.1) is 0 Å². The zero-order valence-electron chi connectivity index (χ0n) is 9.89. The van der Waals surface area contributed by atoms with Crippen LogP contribution in [0.4, 0.5) is 0 Å². The summed E-state index contributed by atoms with van der Waals surface area (Å²) in [5, 5.41) is 0. The second-order valence-electron chi connectivity index (χ2n) is 3.92. The largest absolute Gasteiger partial charge is 0.218 e. The molecule has 1 rings (SSSR count). The first-order valence-corrected chi connectivity index (χ1v) is 7.15. The van der Waals surface area contributed by atoms with Crippen LogP contribution in [-0.4, -0.2) is 26.3 Å². The Bertz CT molecular complexity index is 400. The number of nitrogens with zero attached hydrogens (tertiary/aromatic N) is 1. The van der Waals surface area contributed by atoms with Gasteiger partial charge >= 0.3 is 0 Å². The monoisotopic (exact) mass is 241 g/mol. The molecule has 0 aliphatic carbocycles. The molecule has 0 saturated heterocycles. The Balaban J connectivity index is 2.65. The molecule has 0 atom stereocenters. The molecule has 0 saturated carbocycles. The molecule has 1 aromatic rings. The standard InChI is InChI=1S/C12H19NO2S/c1-3-4-10-13(2)16(14,15)11-12-8-6-5-7-9-12/h5-9H,3-4,10-11H2,1-2H3. The Morgan fingerprint density at radius 1 is 1.19 bits per heavy atom. The van der Waals surface area contributed by atoms with Gasteiger partial charge in [0.15, 0.2) is 0 Å². The second-order valence-corrected chi connectivity index (χ2v) is 5.99. The normalized spacial score (nSPS) is 11.9. The lowest BCUT2D eigenvalue weighted by atomic mass is 10.2. The Hall–Kier alpha value is -0.870. The first-order valence-electron chi connectivity index (χ1n) is 5.54. The van der Waals surface area contributed by atoms with Crippen LogP contribution in [0.25, 0.3) is 0 Å². The molecular formula is C12H19NO2S. The van der Waals surface area contributed by atoms with Gasteiger partial charge in [0.05, 0.1) is 5.75 Å². The molecule has 0 N–H and O–H groups in total. The zero-order chi connectivity index (χ0) is 12.0. The summed E-state index contributed by atoms with van der Waals surface area (Å²) in [7, 11) is -1.51. The van der Waals surface area contributed by atoms with Crippen molar-refractivity contribution in [2.75, 3.05) is 13.6 Å². The minimum atomic E-state index is -3.15. The lowest BCUT2D eigenvalue weighted by molar-refractivity contribution is 0.458. The van der Waals surface area contributed by atoms with E-state index in [1.165, 1.54) is 4.31 Å². The number of rotatable bonds is 6. The highest BCUT2D eigenvalue weighted by Gasteiger charge is 2.17. The first-order chi connectivity index (χ1) is 7.56. The number of sulfonamides is 1. The zero-order valence-corrected chi connectivity index (χ0v) is 10.7. The topological polar surface area (TPSA) is 37.4 Å². The van der Waals surface area contributed by atoms with Crippen LogP contribution >= 0.6 is 0 Å². The van der Waals surface area contributed by atoms with E-state index in [1.807, 2.05) is 30.3 Å². The van der Waals surface area contributed by atoms with Crippen molar-refractivity contribution in [3.8, 4) is 0 Å². The van der Waals surface area contributed by atoms with Gasteiger partial charge in [-0.3, -0.25) is 0 Å². The molecule has 0 aliphatic rings. The van der Waals surface area contributed by atoms with Crippen LogP contribution in [0, 0.1) is 0 Å². The summed E-state index contributed by atoms with van der Waals surface area (Å²) in [5.74, 6) is 0.0913. The van der Waals surface area contributed by atoms with E-state index < -0.39 is 10.0 Å². The summed E-state index contributed by atoms with van der Waals surface area (Å²) in [6, 6.07) is 9.28. The van der Waals surface area contributed by atoms with Crippen molar-refractivity contribution in [2.24, 2.45) is 0 Å². The van der Waals surface area contributed by atoms with Crippen LogP contribution < -0.4 is 0 Å². The lowest BCUT2D eigenvalue weighted by Crippen LogP contribution is -2.29. The minimum absolute atomic E-state index is 0.0913. The van der Waals surface area contributed by atoms with Gasteiger partial charge in [-0.2, -0.15) is 0 Å². The Morgan fingerprint density at radius 2 is 1.81 bits per heavy atom. The molecule has 0 radical (unpaired) electrons. The second kappa shape index (κ2) is 6.01. The van der Waals surface area contributed by atoms with Crippen LogP contribution in [0.3, 0.4) is 0 Å². The Morgan fingerprint density at radius 3 is 2.38 bits per heavy atom. The van der Waals surface area contributed by atoms with Crippen molar-refractivity contribution < 1.29 is 8.42 Å². The molecule has 0 aliphatic heterocycles. The Kier molecular flexibility index (Phi) is 4.96. The van der Waals surface area contributed by atoms with Crippen LogP contribution in [0.5, 0.6) is 0 Å². The average molecular weight is 241 g/mol. The third-order valence-electron chi connectivity index (χ3n) is 2.49. The Labute approximate surface area is 98.1 Å². The molecule has 3 nitrogen and oxygen atoms in total. The fourth-order valence-electron chi connectivity index (χ4n) is 1.41. The molecular weight excluding hydrogens is 222 g/mol. The van der Waals surface area contributed by atoms with E-state index in [-0.39, 0.29) is 5.75 Å². The molecule has 0 heterocycles. The van der Waals surface area contributed by atoms with Crippen LogP contribution in [0.1, 0.15) is 25.3 Å². The fourth-order valence-corrected chi connectivity index (χ4v) is 2.66. The first kappa shape index (κ1) is 13.2. The number of hydrogen-bond acceptors (Lipinski definition) is 2. The van der Waals surface area contributed by atoms with E-state index in [2.05, 4.69) is 6.92 Å². The molecule has 0 fully saturated rings. The molecule has 0 unspecified atom stereocenters. The van der Waals surface area contributed by atoms with Gasteiger partial charge in [-0.1, -0.05) is 43.7 Å². The summed E-state index contributed by atoms with van der Waals surface area (Å²) in [6.07, 6.45) is 1.91. The highest BCUT2D eigenvalue weighted by molar-refractivity contribution is 7.88. The molecule has 0 amide bonds. The lowest BCUT2D eigenvalue weighted by Gasteiger charge is -2.16.